The number of aliphatic hydroxyl groups excluding tert-OH is 1. The molecule has 0 fully saturated rings. The number of carbonyl (C=O) groups is 1. The normalized spacial score (nSPS) is 11.9. The minimum absolute atomic E-state index is 0.0387. The molecule has 0 spiro atoms. The minimum Gasteiger partial charge on any atom is -0.508 e. The lowest BCUT2D eigenvalue weighted by molar-refractivity contribution is -0.137. The van der Waals surface area contributed by atoms with Crippen molar-refractivity contribution in [3.05, 3.63) is 42.0 Å². The van der Waals surface area contributed by atoms with Crippen molar-refractivity contribution >= 4 is 5.97 Å². The Morgan fingerprint density at radius 1 is 1.40 bits per heavy atom. The van der Waals surface area contributed by atoms with Gasteiger partial charge < -0.3 is 14.9 Å². The molecule has 1 rings (SSSR count). The van der Waals surface area contributed by atoms with E-state index in [-0.39, 0.29) is 11.3 Å². The Labute approximate surface area is 87.4 Å². The number of hydrogen-bond donors (Lipinski definition) is 2. The first-order valence-corrected chi connectivity index (χ1v) is 4.30. The van der Waals surface area contributed by atoms with E-state index in [1.807, 2.05) is 0 Å². The van der Waals surface area contributed by atoms with E-state index in [0.717, 1.165) is 0 Å². The van der Waals surface area contributed by atoms with E-state index in [1.165, 1.54) is 31.4 Å². The Morgan fingerprint density at radius 3 is 2.40 bits per heavy atom. The zero-order valence-electron chi connectivity index (χ0n) is 8.30. The van der Waals surface area contributed by atoms with Gasteiger partial charge in [-0.25, -0.2) is 4.79 Å². The summed E-state index contributed by atoms with van der Waals surface area (Å²) < 4.78 is 4.43. The van der Waals surface area contributed by atoms with Gasteiger partial charge in [-0.05, 0) is 17.7 Å². The highest BCUT2D eigenvalue weighted by molar-refractivity contribution is 5.88. The Balaban J connectivity index is 2.85. The number of esters is 1. The number of phenols is 1. The molecule has 0 aliphatic heterocycles. The van der Waals surface area contributed by atoms with E-state index < -0.39 is 12.1 Å². The van der Waals surface area contributed by atoms with Gasteiger partial charge >= 0.3 is 5.97 Å². The second-order valence-electron chi connectivity index (χ2n) is 3.01. The van der Waals surface area contributed by atoms with Gasteiger partial charge in [0.1, 0.15) is 11.9 Å². The average molecular weight is 208 g/mol. The molecule has 15 heavy (non-hydrogen) atoms. The molecule has 1 unspecified atom stereocenters. The van der Waals surface area contributed by atoms with E-state index in [4.69, 9.17) is 5.11 Å². The highest BCUT2D eigenvalue weighted by Gasteiger charge is 2.18. The fourth-order valence-corrected chi connectivity index (χ4v) is 1.10. The van der Waals surface area contributed by atoms with E-state index in [2.05, 4.69) is 11.3 Å². The smallest absolute Gasteiger partial charge is 0.336 e. The summed E-state index contributed by atoms with van der Waals surface area (Å²) in [5, 5.41) is 18.7. The Hall–Kier alpha value is -1.81. The number of methoxy groups -OCH3 is 1. The molecule has 2 N–H and O–H groups in total. The number of phenolic OH excluding ortho intramolecular Hbond substituents is 1. The van der Waals surface area contributed by atoms with Crippen molar-refractivity contribution in [3.63, 3.8) is 0 Å². The van der Waals surface area contributed by atoms with Crippen molar-refractivity contribution in [2.45, 2.75) is 6.10 Å². The molecule has 0 aliphatic rings. The van der Waals surface area contributed by atoms with Crippen LogP contribution in [0.2, 0.25) is 0 Å². The lowest BCUT2D eigenvalue weighted by Gasteiger charge is -2.11. The monoisotopic (exact) mass is 208 g/mol. The third kappa shape index (κ3) is 2.57. The van der Waals surface area contributed by atoms with Crippen LogP contribution in [-0.4, -0.2) is 23.3 Å². The van der Waals surface area contributed by atoms with Gasteiger partial charge in [-0.15, -0.1) is 0 Å². The van der Waals surface area contributed by atoms with E-state index >= 15 is 0 Å². The molecule has 1 aromatic rings. The zero-order valence-corrected chi connectivity index (χ0v) is 8.30. The third-order valence-electron chi connectivity index (χ3n) is 1.99. The first-order chi connectivity index (χ1) is 7.06. The molecule has 0 aliphatic carbocycles. The molecule has 0 amide bonds. The molecule has 0 radical (unpaired) electrons. The molecule has 0 aromatic heterocycles. The lowest BCUT2D eigenvalue weighted by atomic mass is 10.0. The predicted molar refractivity (Wildman–Crippen MR) is 54.2 cm³/mol. The van der Waals surface area contributed by atoms with Crippen LogP contribution in [0.4, 0.5) is 0 Å². The number of carbonyl (C=O) groups excluding carboxylic acids is 1. The Bertz CT molecular complexity index is 367. The van der Waals surface area contributed by atoms with Gasteiger partial charge in [0, 0.05) is 0 Å². The summed E-state index contributed by atoms with van der Waals surface area (Å²) in [7, 11) is 1.22. The van der Waals surface area contributed by atoms with Crippen LogP contribution in [0, 0.1) is 0 Å². The fraction of sp³-hybridized carbons (Fsp3) is 0.182. The van der Waals surface area contributed by atoms with Crippen LogP contribution in [-0.2, 0) is 9.53 Å². The van der Waals surface area contributed by atoms with Crippen LogP contribution in [0.25, 0.3) is 0 Å². The molecule has 0 heterocycles. The number of hydrogen-bond acceptors (Lipinski definition) is 4. The van der Waals surface area contributed by atoms with Gasteiger partial charge in [0.25, 0.3) is 0 Å². The maximum Gasteiger partial charge on any atom is 0.336 e. The number of aromatic hydroxyl groups is 1. The van der Waals surface area contributed by atoms with Crippen LogP contribution >= 0.6 is 0 Å². The van der Waals surface area contributed by atoms with Crippen molar-refractivity contribution in [1.29, 1.82) is 0 Å². The summed E-state index contributed by atoms with van der Waals surface area (Å²) >= 11 is 0. The van der Waals surface area contributed by atoms with Crippen LogP contribution in [0.5, 0.6) is 5.75 Å². The molecule has 1 aromatic carbocycles. The molecule has 80 valence electrons. The second kappa shape index (κ2) is 4.61. The zero-order chi connectivity index (χ0) is 11.4. The van der Waals surface area contributed by atoms with Gasteiger partial charge in [-0.2, -0.15) is 0 Å². The predicted octanol–water partition coefficient (Wildman–Crippen LogP) is 1.15. The number of ether oxygens (including phenoxy) is 1. The number of benzene rings is 1. The van der Waals surface area contributed by atoms with Gasteiger partial charge in [0.15, 0.2) is 0 Å². The molecule has 4 nitrogen and oxygen atoms in total. The van der Waals surface area contributed by atoms with Crippen molar-refractivity contribution < 1.29 is 19.7 Å². The van der Waals surface area contributed by atoms with Crippen LogP contribution < -0.4 is 0 Å². The van der Waals surface area contributed by atoms with Gasteiger partial charge in [0.05, 0.1) is 12.7 Å². The summed E-state index contributed by atoms with van der Waals surface area (Å²) in [6.45, 7) is 3.44. The number of rotatable bonds is 3. The van der Waals surface area contributed by atoms with Gasteiger partial charge in [-0.3, -0.25) is 0 Å². The SMILES string of the molecule is C=C(C(=O)OC)C(O)c1ccc(O)cc1. The van der Waals surface area contributed by atoms with Gasteiger partial charge in [-0.1, -0.05) is 18.7 Å². The maximum absolute atomic E-state index is 11.1. The maximum atomic E-state index is 11.1. The summed E-state index contributed by atoms with van der Waals surface area (Å²) in [6, 6.07) is 5.86. The standard InChI is InChI=1S/C11H12O4/c1-7(11(14)15-2)10(13)8-3-5-9(12)6-4-8/h3-6,10,12-13H,1H2,2H3. The second-order valence-corrected chi connectivity index (χ2v) is 3.01. The minimum atomic E-state index is -1.11. The van der Waals surface area contributed by atoms with E-state index in [1.54, 1.807) is 0 Å². The first kappa shape index (κ1) is 11.3. The molecule has 0 saturated carbocycles. The van der Waals surface area contributed by atoms with Crippen molar-refractivity contribution in [1.82, 2.24) is 0 Å². The van der Waals surface area contributed by atoms with Crippen LogP contribution in [0.15, 0.2) is 36.4 Å². The highest BCUT2D eigenvalue weighted by Crippen LogP contribution is 2.22. The largest absolute Gasteiger partial charge is 0.508 e. The van der Waals surface area contributed by atoms with Crippen LogP contribution in [0.1, 0.15) is 11.7 Å². The highest BCUT2D eigenvalue weighted by atomic mass is 16.5. The summed E-state index contributed by atoms with van der Waals surface area (Å²) in [4.78, 5) is 11.1. The van der Waals surface area contributed by atoms with Crippen molar-refractivity contribution in [2.75, 3.05) is 7.11 Å². The molecule has 4 heteroatoms. The molecular formula is C11H12O4. The average Bonchev–Trinajstić information content (AvgIpc) is 2.27. The summed E-state index contributed by atoms with van der Waals surface area (Å²) in [5.74, 6) is -0.565. The topological polar surface area (TPSA) is 66.8 Å². The molecule has 1 atom stereocenters. The third-order valence-corrected chi connectivity index (χ3v) is 1.99. The van der Waals surface area contributed by atoms with Crippen molar-refractivity contribution in [3.8, 4) is 5.75 Å². The van der Waals surface area contributed by atoms with Crippen LogP contribution in [0.3, 0.4) is 0 Å². The molecular weight excluding hydrogens is 196 g/mol. The molecule has 0 saturated heterocycles. The fourth-order valence-electron chi connectivity index (χ4n) is 1.10. The number of aliphatic hydroxyl groups is 1. The van der Waals surface area contributed by atoms with E-state index in [9.17, 15) is 9.90 Å². The summed E-state index contributed by atoms with van der Waals surface area (Å²) in [5.41, 5.74) is 0.436. The first-order valence-electron chi connectivity index (χ1n) is 4.30. The Morgan fingerprint density at radius 2 is 1.93 bits per heavy atom. The molecule has 0 bridgehead atoms. The Kier molecular flexibility index (Phi) is 3.46. The van der Waals surface area contributed by atoms with Crippen molar-refractivity contribution in [2.24, 2.45) is 0 Å². The summed E-state index contributed by atoms with van der Waals surface area (Å²) in [6.07, 6.45) is -1.11. The quantitative estimate of drug-likeness (QED) is 0.577. The lowest BCUT2D eigenvalue weighted by Crippen LogP contribution is -2.11. The van der Waals surface area contributed by atoms with Gasteiger partial charge in [0.2, 0.25) is 0 Å². The van der Waals surface area contributed by atoms with E-state index in [0.29, 0.717) is 5.56 Å².